The number of allylic oxidation sites excluding steroid dienone is 1. The smallest absolute Gasteiger partial charge is 0.127 e. The molecule has 0 aromatic heterocycles. The molecule has 23 heavy (non-hydrogen) atoms. The van der Waals surface area contributed by atoms with Crippen LogP contribution < -0.4 is 15.4 Å². The lowest BCUT2D eigenvalue weighted by molar-refractivity contribution is 0.483. The number of nitrogens with two attached hydrogens (primary N) is 1. The second-order valence-electron chi connectivity index (χ2n) is 5.48. The number of rotatable bonds is 7. The maximum Gasteiger partial charge on any atom is 0.127 e. The van der Waals surface area contributed by atoms with E-state index in [0.29, 0.717) is 5.92 Å². The monoisotopic (exact) mass is 308 g/mol. The number of hydrogen-bond donors (Lipinski definition) is 1. The molecule has 0 aliphatic rings. The van der Waals surface area contributed by atoms with Crippen LogP contribution in [0.15, 0.2) is 73.6 Å². The summed E-state index contributed by atoms with van der Waals surface area (Å²) in [6.45, 7) is 8.24. The van der Waals surface area contributed by atoms with Crippen LogP contribution >= 0.6 is 0 Å². The van der Waals surface area contributed by atoms with Crippen LogP contribution in [0.2, 0.25) is 0 Å². The molecule has 0 saturated carbocycles. The molecule has 0 fully saturated rings. The third kappa shape index (κ3) is 4.92. The molecule has 0 saturated heterocycles. The van der Waals surface area contributed by atoms with Gasteiger partial charge in [0.05, 0.1) is 0 Å². The summed E-state index contributed by atoms with van der Waals surface area (Å²) in [6.07, 6.45) is 7.15. The number of benzene rings is 2. The lowest BCUT2D eigenvalue weighted by Gasteiger charge is -2.16. The molecule has 0 aliphatic heterocycles. The highest BCUT2D eigenvalue weighted by Gasteiger charge is 2.02. The molecule has 2 aromatic rings. The lowest BCUT2D eigenvalue weighted by atomic mass is 10.1. The van der Waals surface area contributed by atoms with Crippen molar-refractivity contribution in [1.29, 1.82) is 0 Å². The summed E-state index contributed by atoms with van der Waals surface area (Å²) in [5, 5.41) is 0. The molecule has 1 unspecified atom stereocenters. The van der Waals surface area contributed by atoms with E-state index >= 15 is 0 Å². The van der Waals surface area contributed by atoms with E-state index in [0.717, 1.165) is 29.3 Å². The van der Waals surface area contributed by atoms with Crippen LogP contribution in [0.25, 0.3) is 0 Å². The summed E-state index contributed by atoms with van der Waals surface area (Å²) in [5.41, 5.74) is 7.44. The zero-order chi connectivity index (χ0) is 16.7. The molecular weight excluding hydrogens is 284 g/mol. The molecule has 0 aliphatic carbocycles. The maximum absolute atomic E-state index is 5.80. The molecule has 0 radical (unpaired) electrons. The lowest BCUT2D eigenvalue weighted by Crippen LogP contribution is -2.06. The quantitative estimate of drug-likeness (QED) is 0.679. The van der Waals surface area contributed by atoms with Crippen molar-refractivity contribution in [2.75, 3.05) is 10.6 Å². The number of hydrogen-bond acceptors (Lipinski definition) is 3. The second-order valence-corrected chi connectivity index (χ2v) is 5.48. The highest BCUT2D eigenvalue weighted by molar-refractivity contribution is 5.54. The van der Waals surface area contributed by atoms with Crippen molar-refractivity contribution in [3.8, 4) is 11.5 Å². The van der Waals surface area contributed by atoms with Crippen molar-refractivity contribution in [3.63, 3.8) is 0 Å². The van der Waals surface area contributed by atoms with Crippen molar-refractivity contribution in [2.24, 2.45) is 5.92 Å². The van der Waals surface area contributed by atoms with Gasteiger partial charge >= 0.3 is 0 Å². The van der Waals surface area contributed by atoms with Gasteiger partial charge in [0.25, 0.3) is 0 Å². The topological polar surface area (TPSA) is 38.5 Å². The van der Waals surface area contributed by atoms with Crippen molar-refractivity contribution < 1.29 is 4.74 Å². The van der Waals surface area contributed by atoms with Gasteiger partial charge in [-0.1, -0.05) is 32.9 Å². The Hall–Kier alpha value is -2.68. The predicted octanol–water partition coefficient (Wildman–Crippen LogP) is 5.57. The summed E-state index contributed by atoms with van der Waals surface area (Å²) < 4.78 is 5.80. The largest absolute Gasteiger partial charge is 0.457 e. The number of nitrogens with zero attached hydrogens (tertiary/aromatic N) is 1. The van der Waals surface area contributed by atoms with Gasteiger partial charge in [-0.25, -0.2) is 0 Å². The van der Waals surface area contributed by atoms with E-state index in [4.69, 9.17) is 10.5 Å². The molecule has 120 valence electrons. The summed E-state index contributed by atoms with van der Waals surface area (Å²) in [7, 11) is 0. The van der Waals surface area contributed by atoms with Crippen LogP contribution in [-0.2, 0) is 0 Å². The zero-order valence-electron chi connectivity index (χ0n) is 13.8. The molecule has 2 N–H and O–H groups in total. The van der Waals surface area contributed by atoms with Gasteiger partial charge in [-0.15, -0.1) is 0 Å². The molecule has 2 aromatic carbocycles. The Kier molecular flexibility index (Phi) is 5.87. The molecular formula is C20H24N2O. The molecule has 0 amide bonds. The Bertz CT molecular complexity index is 644. The van der Waals surface area contributed by atoms with Crippen LogP contribution in [0.4, 0.5) is 11.4 Å². The molecule has 0 heterocycles. The molecule has 2 rings (SSSR count). The molecule has 3 nitrogen and oxygen atoms in total. The molecule has 0 bridgehead atoms. The third-order valence-electron chi connectivity index (χ3n) is 3.67. The highest BCUT2D eigenvalue weighted by atomic mass is 16.5. The van der Waals surface area contributed by atoms with Gasteiger partial charge in [0, 0.05) is 23.8 Å². The van der Waals surface area contributed by atoms with Crippen LogP contribution in [-0.4, -0.2) is 0 Å². The maximum atomic E-state index is 5.80. The minimum atomic E-state index is 0.547. The average Bonchev–Trinajstić information content (AvgIpc) is 2.58. The Balaban J connectivity index is 2.06. The standard InChI is InChI=1S/C20H24N2O/c1-4-16(3)14-15-22(5-2)18-8-12-20(13-9-18)23-19-10-6-17(21)7-11-19/h5-16H,2,4,21H2,1,3H3/b15-14-. The average molecular weight is 308 g/mol. The van der Waals surface area contributed by atoms with Crippen molar-refractivity contribution in [1.82, 2.24) is 0 Å². The zero-order valence-corrected chi connectivity index (χ0v) is 13.8. The first-order chi connectivity index (χ1) is 11.1. The Morgan fingerprint density at radius 2 is 1.65 bits per heavy atom. The first-order valence-electron chi connectivity index (χ1n) is 7.85. The second kappa shape index (κ2) is 8.08. The number of anilines is 2. The first kappa shape index (κ1) is 16.7. The van der Waals surface area contributed by atoms with E-state index in [-0.39, 0.29) is 0 Å². The van der Waals surface area contributed by atoms with Crippen LogP contribution in [0.5, 0.6) is 11.5 Å². The van der Waals surface area contributed by atoms with E-state index in [1.54, 1.807) is 6.20 Å². The molecule has 1 atom stereocenters. The summed E-state index contributed by atoms with van der Waals surface area (Å²) in [5.74, 6) is 2.10. The van der Waals surface area contributed by atoms with Crippen LogP contribution in [0.1, 0.15) is 20.3 Å². The Labute approximate surface area is 138 Å². The minimum Gasteiger partial charge on any atom is -0.457 e. The molecule has 3 heteroatoms. The van der Waals surface area contributed by atoms with Gasteiger partial charge in [-0.2, -0.15) is 0 Å². The van der Waals surface area contributed by atoms with Crippen molar-refractivity contribution >= 4 is 11.4 Å². The minimum absolute atomic E-state index is 0.547. The van der Waals surface area contributed by atoms with Gasteiger partial charge in [0.1, 0.15) is 11.5 Å². The van der Waals surface area contributed by atoms with E-state index in [2.05, 4.69) is 32.7 Å². The SMILES string of the molecule is C=CN(/C=C\C(C)CC)c1ccc(Oc2ccc(N)cc2)cc1. The van der Waals surface area contributed by atoms with Crippen LogP contribution in [0, 0.1) is 5.92 Å². The fourth-order valence-electron chi connectivity index (χ4n) is 1.99. The summed E-state index contributed by atoms with van der Waals surface area (Å²) in [4.78, 5) is 2.00. The molecule has 0 spiro atoms. The fourth-order valence-corrected chi connectivity index (χ4v) is 1.99. The highest BCUT2D eigenvalue weighted by Crippen LogP contribution is 2.25. The summed E-state index contributed by atoms with van der Waals surface area (Å²) in [6, 6.07) is 15.3. The van der Waals surface area contributed by atoms with Gasteiger partial charge in [-0.3, -0.25) is 0 Å². The van der Waals surface area contributed by atoms with Gasteiger partial charge in [0.15, 0.2) is 0 Å². The number of nitrogen functional groups attached to an aromatic ring is 1. The van der Waals surface area contributed by atoms with E-state index in [1.807, 2.05) is 53.4 Å². The van der Waals surface area contributed by atoms with Crippen molar-refractivity contribution in [3.05, 3.63) is 73.6 Å². The van der Waals surface area contributed by atoms with Gasteiger partial charge < -0.3 is 15.4 Å². The fraction of sp³-hybridized carbons (Fsp3) is 0.200. The van der Waals surface area contributed by atoms with Crippen molar-refractivity contribution in [2.45, 2.75) is 20.3 Å². The Morgan fingerprint density at radius 1 is 1.09 bits per heavy atom. The predicted molar refractivity (Wildman–Crippen MR) is 98.6 cm³/mol. The van der Waals surface area contributed by atoms with E-state index in [9.17, 15) is 0 Å². The Morgan fingerprint density at radius 3 is 2.17 bits per heavy atom. The van der Waals surface area contributed by atoms with E-state index in [1.165, 1.54) is 0 Å². The normalized spacial score (nSPS) is 12.1. The van der Waals surface area contributed by atoms with Gasteiger partial charge in [-0.05, 0) is 54.4 Å². The van der Waals surface area contributed by atoms with Gasteiger partial charge in [0.2, 0.25) is 0 Å². The van der Waals surface area contributed by atoms with Crippen LogP contribution in [0.3, 0.4) is 0 Å². The number of ether oxygens (including phenoxy) is 1. The third-order valence-corrected chi connectivity index (χ3v) is 3.67. The summed E-state index contributed by atoms with van der Waals surface area (Å²) >= 11 is 0. The first-order valence-corrected chi connectivity index (χ1v) is 7.85. The van der Waals surface area contributed by atoms with E-state index < -0.39 is 0 Å².